The second-order valence-electron chi connectivity index (χ2n) is 6.72. The molecule has 1 atom stereocenters. The van der Waals surface area contributed by atoms with Gasteiger partial charge in [-0.15, -0.1) is 0 Å². The van der Waals surface area contributed by atoms with Crippen molar-refractivity contribution in [3.8, 4) is 0 Å². The Morgan fingerprint density at radius 2 is 1.44 bits per heavy atom. The van der Waals surface area contributed by atoms with Crippen molar-refractivity contribution in [1.29, 1.82) is 0 Å². The van der Waals surface area contributed by atoms with Gasteiger partial charge in [-0.3, -0.25) is 0 Å². The number of thiol groups is 1. The van der Waals surface area contributed by atoms with Crippen LogP contribution >= 0.6 is 12.6 Å². The standard InChI is InChI=1S/C11H28O2SSi2/c1-10(2,3)9-11(14,16(6,7)8)15(12-4)13-5/h14-15H,9H2,1-8H3/t11-/m1/s1. The summed E-state index contributed by atoms with van der Waals surface area (Å²) in [4.78, 5) is 0. The molecule has 5 heteroatoms. The van der Waals surface area contributed by atoms with E-state index in [1.165, 1.54) is 0 Å². The van der Waals surface area contributed by atoms with Crippen LogP contribution in [-0.2, 0) is 8.85 Å². The van der Waals surface area contributed by atoms with Crippen molar-refractivity contribution in [2.75, 3.05) is 14.2 Å². The molecule has 0 amide bonds. The molecule has 98 valence electrons. The molecule has 2 nitrogen and oxygen atoms in total. The Morgan fingerprint density at radius 1 is 1.06 bits per heavy atom. The molecule has 0 saturated heterocycles. The molecule has 0 unspecified atom stereocenters. The summed E-state index contributed by atoms with van der Waals surface area (Å²) >= 11 is 5.02. The fourth-order valence-electron chi connectivity index (χ4n) is 2.00. The van der Waals surface area contributed by atoms with Crippen LogP contribution in [0.2, 0.25) is 19.6 Å². The monoisotopic (exact) mass is 280 g/mol. The van der Waals surface area contributed by atoms with Crippen LogP contribution in [0.15, 0.2) is 0 Å². The molecule has 0 aliphatic rings. The van der Waals surface area contributed by atoms with Crippen molar-refractivity contribution in [3.05, 3.63) is 0 Å². The van der Waals surface area contributed by atoms with E-state index in [1.807, 2.05) is 0 Å². The van der Waals surface area contributed by atoms with Crippen LogP contribution < -0.4 is 0 Å². The van der Waals surface area contributed by atoms with Gasteiger partial charge in [-0.1, -0.05) is 40.4 Å². The normalized spacial score (nSPS) is 17.6. The van der Waals surface area contributed by atoms with Gasteiger partial charge < -0.3 is 8.85 Å². The van der Waals surface area contributed by atoms with E-state index >= 15 is 0 Å². The minimum absolute atomic E-state index is 0.0330. The van der Waals surface area contributed by atoms with Crippen LogP contribution in [0.25, 0.3) is 0 Å². The van der Waals surface area contributed by atoms with E-state index in [4.69, 9.17) is 21.5 Å². The molecule has 0 rings (SSSR count). The van der Waals surface area contributed by atoms with Crippen LogP contribution in [-0.4, -0.2) is 35.6 Å². The molecule has 0 N–H and O–H groups in total. The Morgan fingerprint density at radius 3 is 1.62 bits per heavy atom. The van der Waals surface area contributed by atoms with Gasteiger partial charge in [0.15, 0.2) is 0 Å². The van der Waals surface area contributed by atoms with E-state index in [0.717, 1.165) is 6.42 Å². The summed E-state index contributed by atoms with van der Waals surface area (Å²) in [5, 5.41) is 0. The Labute approximate surface area is 109 Å². The molecule has 16 heavy (non-hydrogen) atoms. The van der Waals surface area contributed by atoms with Crippen molar-refractivity contribution in [2.45, 2.75) is 50.8 Å². The third-order valence-corrected chi connectivity index (χ3v) is 13.6. The molecular formula is C11H28O2SSi2. The Bertz CT molecular complexity index is 219. The van der Waals surface area contributed by atoms with Gasteiger partial charge in [-0.05, 0) is 11.8 Å². The van der Waals surface area contributed by atoms with Gasteiger partial charge in [-0.2, -0.15) is 12.6 Å². The minimum Gasteiger partial charge on any atom is -0.399 e. The zero-order valence-corrected chi connectivity index (χ0v) is 15.1. The molecule has 0 fully saturated rings. The maximum absolute atomic E-state index is 5.61. The van der Waals surface area contributed by atoms with Crippen molar-refractivity contribution < 1.29 is 8.85 Å². The summed E-state index contributed by atoms with van der Waals surface area (Å²) in [6, 6.07) is 0. The van der Waals surface area contributed by atoms with E-state index in [9.17, 15) is 0 Å². The van der Waals surface area contributed by atoms with E-state index in [2.05, 4.69) is 40.4 Å². The predicted molar refractivity (Wildman–Crippen MR) is 80.3 cm³/mol. The molecule has 0 radical (unpaired) electrons. The van der Waals surface area contributed by atoms with Gasteiger partial charge in [0.25, 0.3) is 0 Å². The molecular weight excluding hydrogens is 252 g/mol. The third kappa shape index (κ3) is 4.18. The van der Waals surface area contributed by atoms with Crippen LogP contribution in [0.4, 0.5) is 0 Å². The maximum atomic E-state index is 5.61. The summed E-state index contributed by atoms with van der Waals surface area (Å²) in [6.45, 7) is 13.8. The van der Waals surface area contributed by atoms with Crippen LogP contribution in [0.1, 0.15) is 27.2 Å². The van der Waals surface area contributed by atoms with Crippen LogP contribution in [0.5, 0.6) is 0 Å². The van der Waals surface area contributed by atoms with Crippen molar-refractivity contribution in [3.63, 3.8) is 0 Å². The molecule has 0 bridgehead atoms. The first-order chi connectivity index (χ1) is 6.98. The van der Waals surface area contributed by atoms with Gasteiger partial charge in [0.1, 0.15) is 0 Å². The molecule has 0 aliphatic carbocycles. The van der Waals surface area contributed by atoms with Gasteiger partial charge in [0.05, 0.1) is 8.07 Å². The van der Waals surface area contributed by atoms with Gasteiger partial charge >= 0.3 is 9.28 Å². The van der Waals surface area contributed by atoms with Crippen molar-refractivity contribution in [2.24, 2.45) is 5.41 Å². The van der Waals surface area contributed by atoms with Crippen LogP contribution in [0.3, 0.4) is 0 Å². The average Bonchev–Trinajstić information content (AvgIpc) is 2.00. The lowest BCUT2D eigenvalue weighted by Gasteiger charge is -2.45. The quantitative estimate of drug-likeness (QED) is 0.616. The van der Waals surface area contributed by atoms with Gasteiger partial charge in [-0.25, -0.2) is 0 Å². The largest absolute Gasteiger partial charge is 0.399 e. The van der Waals surface area contributed by atoms with Crippen molar-refractivity contribution in [1.82, 2.24) is 0 Å². The van der Waals surface area contributed by atoms with E-state index in [-0.39, 0.29) is 9.41 Å². The molecule has 0 saturated carbocycles. The molecule has 0 heterocycles. The predicted octanol–water partition coefficient (Wildman–Crippen LogP) is 3.02. The molecule has 0 aromatic heterocycles. The summed E-state index contributed by atoms with van der Waals surface area (Å²) in [6.07, 6.45) is 1.05. The Balaban J connectivity index is 5.19. The van der Waals surface area contributed by atoms with Gasteiger partial charge in [0.2, 0.25) is 0 Å². The highest BCUT2D eigenvalue weighted by atomic mass is 32.1. The van der Waals surface area contributed by atoms with E-state index < -0.39 is 17.4 Å². The first kappa shape index (κ1) is 16.7. The summed E-state index contributed by atoms with van der Waals surface area (Å²) < 4.78 is 11.2. The minimum atomic E-state index is -1.72. The zero-order chi connectivity index (χ0) is 13.2. The first-order valence-electron chi connectivity index (χ1n) is 5.76. The van der Waals surface area contributed by atoms with Crippen molar-refractivity contribution >= 4 is 30.0 Å². The van der Waals surface area contributed by atoms with E-state index in [1.54, 1.807) is 14.2 Å². The molecule has 0 aromatic rings. The average molecular weight is 281 g/mol. The second-order valence-corrected chi connectivity index (χ2v) is 17.0. The topological polar surface area (TPSA) is 18.5 Å². The van der Waals surface area contributed by atoms with Crippen LogP contribution in [0, 0.1) is 5.41 Å². The number of hydrogen-bond acceptors (Lipinski definition) is 3. The lowest BCUT2D eigenvalue weighted by Crippen LogP contribution is -2.61. The second kappa shape index (κ2) is 5.56. The maximum Gasteiger partial charge on any atom is 0.334 e. The third-order valence-electron chi connectivity index (χ3n) is 2.92. The number of hydrogen-bond donors (Lipinski definition) is 1. The molecule has 0 aliphatic heterocycles. The van der Waals surface area contributed by atoms with E-state index in [0.29, 0.717) is 0 Å². The summed E-state index contributed by atoms with van der Waals surface area (Å²) in [5.41, 5.74) is 0.254. The molecule has 0 aromatic carbocycles. The highest BCUT2D eigenvalue weighted by Crippen LogP contribution is 2.40. The SMILES string of the molecule is CO[SiH](OC)[C@](S)(CC(C)(C)C)[Si](C)(C)C. The smallest absolute Gasteiger partial charge is 0.334 e. The van der Waals surface area contributed by atoms with Gasteiger partial charge in [0, 0.05) is 18.2 Å². The fourth-order valence-corrected chi connectivity index (χ4v) is 9.45. The lowest BCUT2D eigenvalue weighted by atomic mass is 9.93. The molecule has 0 spiro atoms. The summed E-state index contributed by atoms with van der Waals surface area (Å²) in [7, 11) is 0.345. The highest BCUT2D eigenvalue weighted by molar-refractivity contribution is 7.86. The fraction of sp³-hybridized carbons (Fsp3) is 1.00. The Hall–Kier alpha value is 0.704. The highest BCUT2D eigenvalue weighted by Gasteiger charge is 2.51. The Kier molecular flexibility index (Phi) is 5.81. The number of rotatable bonds is 5. The zero-order valence-electron chi connectivity index (χ0n) is 12.0. The lowest BCUT2D eigenvalue weighted by molar-refractivity contribution is 0.255. The first-order valence-corrected chi connectivity index (χ1v) is 11.2. The summed E-state index contributed by atoms with van der Waals surface area (Å²) in [5.74, 6) is 0.